The lowest BCUT2D eigenvalue weighted by Crippen LogP contribution is -2.36. The van der Waals surface area contributed by atoms with Gasteiger partial charge in [-0.05, 0) is 25.2 Å². The molecule has 1 saturated heterocycles. The van der Waals surface area contributed by atoms with Crippen LogP contribution in [0.4, 0.5) is 0 Å². The Morgan fingerprint density at radius 3 is 3.15 bits per heavy atom. The third-order valence-corrected chi connectivity index (χ3v) is 3.25. The van der Waals surface area contributed by atoms with E-state index in [4.69, 9.17) is 4.74 Å². The maximum atomic E-state index is 11.4. The van der Waals surface area contributed by atoms with Crippen LogP contribution in [0, 0.1) is 11.8 Å². The molecule has 1 aliphatic carbocycles. The van der Waals surface area contributed by atoms with Crippen LogP contribution in [-0.2, 0) is 9.53 Å². The summed E-state index contributed by atoms with van der Waals surface area (Å²) in [6.07, 6.45) is 3.26. The Morgan fingerprint density at radius 2 is 2.46 bits per heavy atom. The third kappa shape index (κ3) is 1.27. The van der Waals surface area contributed by atoms with Crippen molar-refractivity contribution in [2.75, 3.05) is 13.7 Å². The van der Waals surface area contributed by atoms with Gasteiger partial charge in [0.15, 0.2) is 0 Å². The van der Waals surface area contributed by atoms with Crippen molar-refractivity contribution in [3.05, 3.63) is 11.6 Å². The normalized spacial score (nSPS) is 37.1. The topological polar surface area (TPSA) is 38.3 Å². The Bertz CT molecular complexity index is 260. The average molecular weight is 181 g/mol. The molecule has 0 amide bonds. The van der Waals surface area contributed by atoms with E-state index in [1.807, 2.05) is 0 Å². The van der Waals surface area contributed by atoms with Gasteiger partial charge in [0.1, 0.15) is 6.04 Å². The number of carbonyl (C=O) groups excluding carboxylic acids is 1. The highest BCUT2D eigenvalue weighted by Crippen LogP contribution is 2.37. The molecule has 0 radical (unpaired) electrons. The second-order valence-electron chi connectivity index (χ2n) is 3.86. The standard InChI is InChI=1S/C10H15NO2/c1-6-3-4-7-8(6)5-11-9(7)10(12)13-2/h3,7-9,11H,4-5H2,1-2H3/t7-,8+,9-/m0/s1. The van der Waals surface area contributed by atoms with Crippen molar-refractivity contribution in [2.24, 2.45) is 11.8 Å². The van der Waals surface area contributed by atoms with Gasteiger partial charge in [-0.25, -0.2) is 0 Å². The first-order valence-electron chi connectivity index (χ1n) is 4.72. The third-order valence-electron chi connectivity index (χ3n) is 3.25. The number of methoxy groups -OCH3 is 1. The molecule has 0 aromatic rings. The maximum absolute atomic E-state index is 11.4. The first-order chi connectivity index (χ1) is 6.24. The summed E-state index contributed by atoms with van der Waals surface area (Å²) >= 11 is 0. The smallest absolute Gasteiger partial charge is 0.323 e. The zero-order valence-corrected chi connectivity index (χ0v) is 8.04. The number of hydrogen-bond acceptors (Lipinski definition) is 3. The van der Waals surface area contributed by atoms with E-state index in [0.29, 0.717) is 11.8 Å². The number of fused-ring (bicyclic) bond motifs is 1. The minimum Gasteiger partial charge on any atom is -0.468 e. The lowest BCUT2D eigenvalue weighted by atomic mass is 9.90. The van der Waals surface area contributed by atoms with E-state index < -0.39 is 0 Å². The number of allylic oxidation sites excluding steroid dienone is 1. The number of esters is 1. The summed E-state index contributed by atoms with van der Waals surface area (Å²) in [7, 11) is 1.45. The van der Waals surface area contributed by atoms with E-state index in [-0.39, 0.29) is 12.0 Å². The van der Waals surface area contributed by atoms with E-state index in [1.165, 1.54) is 12.7 Å². The Hall–Kier alpha value is -0.830. The van der Waals surface area contributed by atoms with Crippen molar-refractivity contribution in [1.29, 1.82) is 0 Å². The van der Waals surface area contributed by atoms with Gasteiger partial charge >= 0.3 is 5.97 Å². The van der Waals surface area contributed by atoms with Crippen LogP contribution in [0.1, 0.15) is 13.3 Å². The first-order valence-corrected chi connectivity index (χ1v) is 4.72. The summed E-state index contributed by atoms with van der Waals surface area (Å²) in [4.78, 5) is 11.4. The number of ether oxygens (including phenoxy) is 1. The van der Waals surface area contributed by atoms with Crippen molar-refractivity contribution in [1.82, 2.24) is 5.32 Å². The predicted molar refractivity (Wildman–Crippen MR) is 49.2 cm³/mol. The van der Waals surface area contributed by atoms with Crippen molar-refractivity contribution >= 4 is 5.97 Å². The molecule has 1 fully saturated rings. The molecule has 0 spiro atoms. The van der Waals surface area contributed by atoms with Crippen molar-refractivity contribution in [2.45, 2.75) is 19.4 Å². The van der Waals surface area contributed by atoms with Crippen LogP contribution in [0.2, 0.25) is 0 Å². The van der Waals surface area contributed by atoms with E-state index in [2.05, 4.69) is 18.3 Å². The number of rotatable bonds is 1. The molecule has 2 rings (SSSR count). The van der Waals surface area contributed by atoms with Gasteiger partial charge in [0.05, 0.1) is 7.11 Å². The van der Waals surface area contributed by atoms with Gasteiger partial charge in [-0.3, -0.25) is 4.79 Å². The molecule has 3 heteroatoms. The molecule has 2 aliphatic rings. The zero-order valence-electron chi connectivity index (χ0n) is 8.04. The molecule has 0 unspecified atom stereocenters. The Balaban J connectivity index is 2.09. The molecule has 72 valence electrons. The highest BCUT2D eigenvalue weighted by Gasteiger charge is 2.42. The highest BCUT2D eigenvalue weighted by atomic mass is 16.5. The molecule has 0 aromatic heterocycles. The monoisotopic (exact) mass is 181 g/mol. The Morgan fingerprint density at radius 1 is 1.69 bits per heavy atom. The Labute approximate surface area is 78.1 Å². The van der Waals surface area contributed by atoms with Gasteiger partial charge in [-0.1, -0.05) is 11.6 Å². The fourth-order valence-corrected chi connectivity index (χ4v) is 2.45. The van der Waals surface area contributed by atoms with Crippen LogP contribution in [0.3, 0.4) is 0 Å². The van der Waals surface area contributed by atoms with Gasteiger partial charge in [-0.2, -0.15) is 0 Å². The number of nitrogens with one attached hydrogen (secondary N) is 1. The maximum Gasteiger partial charge on any atom is 0.323 e. The molecular weight excluding hydrogens is 166 g/mol. The summed E-state index contributed by atoms with van der Waals surface area (Å²) in [5.41, 5.74) is 1.42. The van der Waals surface area contributed by atoms with Crippen LogP contribution >= 0.6 is 0 Å². The molecule has 3 nitrogen and oxygen atoms in total. The minimum absolute atomic E-state index is 0.0799. The lowest BCUT2D eigenvalue weighted by Gasteiger charge is -2.15. The summed E-state index contributed by atoms with van der Waals surface area (Å²) in [6, 6.07) is -0.0799. The average Bonchev–Trinajstić information content (AvgIpc) is 2.68. The van der Waals surface area contributed by atoms with Gasteiger partial charge in [-0.15, -0.1) is 0 Å². The quantitative estimate of drug-likeness (QED) is 0.478. The molecule has 0 saturated carbocycles. The van der Waals surface area contributed by atoms with Crippen LogP contribution in [0.5, 0.6) is 0 Å². The van der Waals surface area contributed by atoms with Crippen molar-refractivity contribution < 1.29 is 9.53 Å². The molecule has 0 aromatic carbocycles. The van der Waals surface area contributed by atoms with Crippen molar-refractivity contribution in [3.8, 4) is 0 Å². The highest BCUT2D eigenvalue weighted by molar-refractivity contribution is 5.77. The van der Waals surface area contributed by atoms with Crippen LogP contribution in [0.15, 0.2) is 11.6 Å². The SMILES string of the molecule is COC(=O)[C@H]1NC[C@@H]2C(C)=CC[C@@H]21. The fraction of sp³-hybridized carbons (Fsp3) is 0.700. The van der Waals surface area contributed by atoms with E-state index in [9.17, 15) is 4.79 Å². The Kier molecular flexibility index (Phi) is 2.12. The molecular formula is C10H15NO2. The molecule has 3 atom stereocenters. The molecule has 0 bridgehead atoms. The van der Waals surface area contributed by atoms with Gasteiger partial charge < -0.3 is 10.1 Å². The molecule has 13 heavy (non-hydrogen) atoms. The number of hydrogen-bond donors (Lipinski definition) is 1. The minimum atomic E-state index is -0.115. The van der Waals surface area contributed by atoms with Crippen LogP contribution in [0.25, 0.3) is 0 Å². The summed E-state index contributed by atoms with van der Waals surface area (Å²) in [6.45, 7) is 3.07. The molecule has 1 aliphatic heterocycles. The van der Waals surface area contributed by atoms with Crippen LogP contribution in [-0.4, -0.2) is 25.7 Å². The zero-order chi connectivity index (χ0) is 9.42. The van der Waals surface area contributed by atoms with E-state index in [1.54, 1.807) is 0 Å². The van der Waals surface area contributed by atoms with E-state index >= 15 is 0 Å². The van der Waals surface area contributed by atoms with E-state index in [0.717, 1.165) is 13.0 Å². The summed E-state index contributed by atoms with van der Waals surface area (Å²) < 4.78 is 4.75. The summed E-state index contributed by atoms with van der Waals surface area (Å²) in [5, 5.41) is 3.22. The second kappa shape index (κ2) is 3.14. The van der Waals surface area contributed by atoms with Crippen molar-refractivity contribution in [3.63, 3.8) is 0 Å². The summed E-state index contributed by atoms with van der Waals surface area (Å²) in [5.74, 6) is 0.882. The molecule has 1 N–H and O–H groups in total. The first kappa shape index (κ1) is 8.75. The number of carbonyl (C=O) groups is 1. The second-order valence-corrected chi connectivity index (χ2v) is 3.86. The lowest BCUT2D eigenvalue weighted by molar-refractivity contribution is -0.143. The van der Waals surface area contributed by atoms with Crippen LogP contribution < -0.4 is 5.32 Å². The molecule has 1 heterocycles. The van der Waals surface area contributed by atoms with Gasteiger partial charge in [0.25, 0.3) is 0 Å². The van der Waals surface area contributed by atoms with Gasteiger partial charge in [0, 0.05) is 6.54 Å². The predicted octanol–water partition coefficient (Wildman–Crippen LogP) is 0.714. The largest absolute Gasteiger partial charge is 0.468 e. The van der Waals surface area contributed by atoms with Gasteiger partial charge in [0.2, 0.25) is 0 Å². The fourth-order valence-electron chi connectivity index (χ4n) is 2.45.